The van der Waals surface area contributed by atoms with Crippen molar-refractivity contribution in [3.8, 4) is 0 Å². The molecule has 0 bridgehead atoms. The molecule has 0 atom stereocenters. The molecule has 2 aromatic carbocycles. The van der Waals surface area contributed by atoms with Gasteiger partial charge in [-0.15, -0.1) is 0 Å². The van der Waals surface area contributed by atoms with E-state index in [0.29, 0.717) is 31.4 Å². The van der Waals surface area contributed by atoms with Gasteiger partial charge in [0.05, 0.1) is 29.5 Å². The van der Waals surface area contributed by atoms with Crippen LogP contribution in [0.2, 0.25) is 5.02 Å². The molecule has 1 fully saturated rings. The first-order valence-electron chi connectivity index (χ1n) is 10.2. The molecule has 0 amide bonds. The Labute approximate surface area is 195 Å². The Balaban J connectivity index is 1.68. The number of ether oxygens (including phenoxy) is 1. The summed E-state index contributed by atoms with van der Waals surface area (Å²) in [7, 11) is 0. The highest BCUT2D eigenvalue weighted by molar-refractivity contribution is 7.80. The Morgan fingerprint density at radius 1 is 1.16 bits per heavy atom. The Bertz CT molecular complexity index is 922. The van der Waals surface area contributed by atoms with Gasteiger partial charge in [-0.05, 0) is 54.5 Å². The molecule has 4 nitrogen and oxygen atoms in total. The molecule has 3 rings (SSSR count). The predicted octanol–water partition coefficient (Wildman–Crippen LogP) is 5.42. The van der Waals surface area contributed by atoms with Crippen molar-refractivity contribution in [1.82, 2.24) is 9.80 Å². The maximum Gasteiger partial charge on any atom is 0.416 e. The normalized spacial score (nSPS) is 14.9. The summed E-state index contributed by atoms with van der Waals surface area (Å²) in [5.74, 6) is -0.347. The number of thiocarbonyl (C=S) groups is 1. The second kappa shape index (κ2) is 11.3. The topological polar surface area (TPSA) is 27.7 Å². The van der Waals surface area contributed by atoms with E-state index in [-0.39, 0.29) is 16.5 Å². The van der Waals surface area contributed by atoms with Crippen molar-refractivity contribution in [2.75, 3.05) is 44.7 Å². The average Bonchev–Trinajstić information content (AvgIpc) is 2.74. The van der Waals surface area contributed by atoms with Crippen molar-refractivity contribution in [1.29, 1.82) is 0 Å². The number of rotatable bonds is 7. The first-order valence-corrected chi connectivity index (χ1v) is 11.0. The van der Waals surface area contributed by atoms with Crippen LogP contribution in [0.3, 0.4) is 0 Å². The van der Waals surface area contributed by atoms with Gasteiger partial charge in [-0.2, -0.15) is 13.2 Å². The van der Waals surface area contributed by atoms with Crippen LogP contribution in [0, 0.1) is 5.82 Å². The summed E-state index contributed by atoms with van der Waals surface area (Å²) in [6, 6.07) is 9.29. The van der Waals surface area contributed by atoms with Crippen LogP contribution in [-0.2, 0) is 17.5 Å². The van der Waals surface area contributed by atoms with Crippen molar-refractivity contribution >= 4 is 34.6 Å². The summed E-state index contributed by atoms with van der Waals surface area (Å²) in [5.41, 5.74) is 0.183. The van der Waals surface area contributed by atoms with E-state index < -0.39 is 11.7 Å². The minimum atomic E-state index is -4.48. The predicted molar refractivity (Wildman–Crippen MR) is 121 cm³/mol. The molecule has 0 aromatic heterocycles. The zero-order valence-electron chi connectivity index (χ0n) is 17.3. The lowest BCUT2D eigenvalue weighted by molar-refractivity contribution is -0.137. The van der Waals surface area contributed by atoms with E-state index in [4.69, 9.17) is 28.6 Å². The standard InChI is InChI=1S/C22H24ClF4N3OS/c23-19-14-17(22(25,26)27)5-6-20(19)28-21(32)30(15-16-3-1-4-18(24)13-16)8-2-7-29-9-11-31-12-10-29/h1,3-6,13-14H,2,7-12,15H2,(H,28,32). The van der Waals surface area contributed by atoms with Gasteiger partial charge in [0.25, 0.3) is 0 Å². The van der Waals surface area contributed by atoms with Gasteiger partial charge in [-0.25, -0.2) is 4.39 Å². The van der Waals surface area contributed by atoms with Gasteiger partial charge < -0.3 is 15.0 Å². The largest absolute Gasteiger partial charge is 0.416 e. The van der Waals surface area contributed by atoms with Crippen molar-refractivity contribution in [2.45, 2.75) is 19.1 Å². The molecule has 2 aromatic rings. The van der Waals surface area contributed by atoms with E-state index in [0.717, 1.165) is 43.8 Å². The molecule has 0 saturated carbocycles. The second-order valence-electron chi connectivity index (χ2n) is 7.48. The number of hydrogen-bond donors (Lipinski definition) is 1. The molecular weight excluding hydrogens is 466 g/mol. The molecule has 1 aliphatic rings. The van der Waals surface area contributed by atoms with Crippen molar-refractivity contribution in [3.05, 3.63) is 64.4 Å². The fourth-order valence-electron chi connectivity index (χ4n) is 3.41. The average molecular weight is 490 g/mol. The minimum Gasteiger partial charge on any atom is -0.379 e. The SMILES string of the molecule is Fc1cccc(CN(CCCN2CCOCC2)C(=S)Nc2ccc(C(F)(F)F)cc2Cl)c1. The molecule has 0 unspecified atom stereocenters. The fraction of sp³-hybridized carbons (Fsp3) is 0.409. The van der Waals surface area contributed by atoms with Gasteiger partial charge in [0.2, 0.25) is 0 Å². The van der Waals surface area contributed by atoms with Crippen molar-refractivity contribution in [3.63, 3.8) is 0 Å². The monoisotopic (exact) mass is 489 g/mol. The van der Waals surface area contributed by atoms with Crippen LogP contribution in [-0.4, -0.2) is 54.3 Å². The first-order chi connectivity index (χ1) is 15.2. The van der Waals surface area contributed by atoms with Gasteiger partial charge in [-0.3, -0.25) is 4.90 Å². The maximum atomic E-state index is 13.7. The van der Waals surface area contributed by atoms with Crippen LogP contribution in [0.4, 0.5) is 23.2 Å². The van der Waals surface area contributed by atoms with Crippen LogP contribution in [0.1, 0.15) is 17.5 Å². The third-order valence-corrected chi connectivity index (χ3v) is 5.77. The van der Waals surface area contributed by atoms with Crippen LogP contribution in [0.15, 0.2) is 42.5 Å². The second-order valence-corrected chi connectivity index (χ2v) is 8.28. The van der Waals surface area contributed by atoms with E-state index in [2.05, 4.69) is 10.2 Å². The number of alkyl halides is 3. The molecule has 174 valence electrons. The molecule has 1 aliphatic heterocycles. The highest BCUT2D eigenvalue weighted by Gasteiger charge is 2.31. The molecule has 1 heterocycles. The molecule has 0 spiro atoms. The third-order valence-electron chi connectivity index (χ3n) is 5.09. The number of hydrogen-bond acceptors (Lipinski definition) is 3. The number of morpholine rings is 1. The Kier molecular flexibility index (Phi) is 8.70. The molecule has 0 aliphatic carbocycles. The molecule has 0 radical (unpaired) electrons. The highest BCUT2D eigenvalue weighted by Crippen LogP contribution is 2.33. The lowest BCUT2D eigenvalue weighted by atomic mass is 10.2. The van der Waals surface area contributed by atoms with E-state index in [1.165, 1.54) is 18.2 Å². The maximum absolute atomic E-state index is 13.7. The van der Waals surface area contributed by atoms with Gasteiger partial charge in [0.1, 0.15) is 5.82 Å². The molecule has 32 heavy (non-hydrogen) atoms. The Hall–Kier alpha value is -1.94. The lowest BCUT2D eigenvalue weighted by Gasteiger charge is -2.30. The highest BCUT2D eigenvalue weighted by atomic mass is 35.5. The fourth-order valence-corrected chi connectivity index (χ4v) is 3.90. The summed E-state index contributed by atoms with van der Waals surface area (Å²) in [5, 5.41) is 3.16. The smallest absolute Gasteiger partial charge is 0.379 e. The number of benzene rings is 2. The lowest BCUT2D eigenvalue weighted by Crippen LogP contribution is -2.40. The molecule has 1 N–H and O–H groups in total. The third kappa shape index (κ3) is 7.30. The van der Waals surface area contributed by atoms with Crippen LogP contribution < -0.4 is 5.32 Å². The molecule has 10 heteroatoms. The summed E-state index contributed by atoms with van der Waals surface area (Å²) >= 11 is 11.6. The van der Waals surface area contributed by atoms with Gasteiger partial charge >= 0.3 is 6.18 Å². The molecule has 1 saturated heterocycles. The van der Waals surface area contributed by atoms with Gasteiger partial charge in [0, 0.05) is 32.7 Å². The van der Waals surface area contributed by atoms with Crippen LogP contribution in [0.25, 0.3) is 0 Å². The minimum absolute atomic E-state index is 0.0822. The number of halogens is 5. The summed E-state index contributed by atoms with van der Waals surface area (Å²) in [4.78, 5) is 4.16. The molecular formula is C22H24ClF4N3OS. The van der Waals surface area contributed by atoms with E-state index >= 15 is 0 Å². The zero-order valence-corrected chi connectivity index (χ0v) is 18.9. The van der Waals surface area contributed by atoms with E-state index in [1.54, 1.807) is 12.1 Å². The summed E-state index contributed by atoms with van der Waals surface area (Å²) < 4.78 is 57.7. The zero-order chi connectivity index (χ0) is 23.1. The van der Waals surface area contributed by atoms with Crippen LogP contribution >= 0.6 is 23.8 Å². The number of nitrogens with zero attached hydrogens (tertiary/aromatic N) is 2. The number of nitrogens with one attached hydrogen (secondary N) is 1. The first kappa shape index (κ1) is 24.7. The summed E-state index contributed by atoms with van der Waals surface area (Å²) in [6.07, 6.45) is -3.68. The van der Waals surface area contributed by atoms with E-state index in [1.807, 2.05) is 4.90 Å². The van der Waals surface area contributed by atoms with E-state index in [9.17, 15) is 17.6 Å². The number of anilines is 1. The Morgan fingerprint density at radius 3 is 2.56 bits per heavy atom. The quantitative estimate of drug-likeness (QED) is 0.414. The Morgan fingerprint density at radius 2 is 1.91 bits per heavy atom. The van der Waals surface area contributed by atoms with Crippen LogP contribution in [0.5, 0.6) is 0 Å². The summed E-state index contributed by atoms with van der Waals surface area (Å²) in [6.45, 7) is 4.94. The van der Waals surface area contributed by atoms with Gasteiger partial charge in [-0.1, -0.05) is 23.7 Å². The van der Waals surface area contributed by atoms with Crippen molar-refractivity contribution in [2.24, 2.45) is 0 Å². The van der Waals surface area contributed by atoms with Gasteiger partial charge in [0.15, 0.2) is 5.11 Å². The van der Waals surface area contributed by atoms with Crippen molar-refractivity contribution < 1.29 is 22.3 Å².